The topological polar surface area (TPSA) is 38.3 Å². The highest BCUT2D eigenvalue weighted by Gasteiger charge is 2.32. The third kappa shape index (κ3) is 6.94. The van der Waals surface area contributed by atoms with Gasteiger partial charge < -0.3 is 10.1 Å². The number of esters is 1. The molecule has 0 heterocycles. The van der Waals surface area contributed by atoms with E-state index in [0.717, 1.165) is 24.6 Å². The van der Waals surface area contributed by atoms with E-state index < -0.39 is 5.54 Å². The lowest BCUT2D eigenvalue weighted by Gasteiger charge is -2.27. The number of rotatable bonds is 9. The van der Waals surface area contributed by atoms with Crippen molar-refractivity contribution in [3.8, 4) is 0 Å². The smallest absolute Gasteiger partial charge is 0.325 e. The molecular formula is C13H27NO2S. The van der Waals surface area contributed by atoms with Gasteiger partial charge in [-0.1, -0.05) is 20.8 Å². The van der Waals surface area contributed by atoms with Gasteiger partial charge in [0.1, 0.15) is 5.54 Å². The van der Waals surface area contributed by atoms with Crippen LogP contribution in [0.15, 0.2) is 0 Å². The van der Waals surface area contributed by atoms with Crippen LogP contribution in [-0.2, 0) is 9.53 Å². The molecule has 0 aromatic rings. The fourth-order valence-corrected chi connectivity index (χ4v) is 2.97. The normalized spacial score (nSPS) is 14.7. The highest BCUT2D eigenvalue weighted by Crippen LogP contribution is 2.17. The van der Waals surface area contributed by atoms with E-state index >= 15 is 0 Å². The Labute approximate surface area is 110 Å². The summed E-state index contributed by atoms with van der Waals surface area (Å²) in [4.78, 5) is 11.7. The SMILES string of the molecule is CCNC(C)(CCSCCC(C)C)C(=O)OC. The number of hydrogen-bond donors (Lipinski definition) is 1. The quantitative estimate of drug-likeness (QED) is 0.511. The van der Waals surface area contributed by atoms with E-state index in [-0.39, 0.29) is 5.97 Å². The molecule has 0 amide bonds. The second-order valence-corrected chi connectivity index (χ2v) is 6.12. The van der Waals surface area contributed by atoms with Gasteiger partial charge in [-0.25, -0.2) is 0 Å². The molecule has 0 aliphatic carbocycles. The van der Waals surface area contributed by atoms with Gasteiger partial charge in [-0.3, -0.25) is 4.79 Å². The van der Waals surface area contributed by atoms with Crippen LogP contribution in [-0.4, -0.2) is 36.7 Å². The second-order valence-electron chi connectivity index (χ2n) is 4.90. The lowest BCUT2D eigenvalue weighted by molar-refractivity contribution is -0.147. The van der Waals surface area contributed by atoms with Gasteiger partial charge in [0.15, 0.2) is 0 Å². The molecule has 1 N–H and O–H groups in total. The maximum atomic E-state index is 11.7. The van der Waals surface area contributed by atoms with Crippen molar-refractivity contribution in [3.05, 3.63) is 0 Å². The number of ether oxygens (including phenoxy) is 1. The predicted molar refractivity (Wildman–Crippen MR) is 75.5 cm³/mol. The first-order chi connectivity index (χ1) is 7.96. The highest BCUT2D eigenvalue weighted by molar-refractivity contribution is 7.99. The Hall–Kier alpha value is -0.220. The molecule has 0 aromatic heterocycles. The number of hydrogen-bond acceptors (Lipinski definition) is 4. The fourth-order valence-electron chi connectivity index (χ4n) is 1.58. The molecule has 0 aliphatic rings. The minimum absolute atomic E-state index is 0.163. The van der Waals surface area contributed by atoms with Gasteiger partial charge in [0.2, 0.25) is 0 Å². The fraction of sp³-hybridized carbons (Fsp3) is 0.923. The highest BCUT2D eigenvalue weighted by atomic mass is 32.2. The lowest BCUT2D eigenvalue weighted by atomic mass is 9.99. The van der Waals surface area contributed by atoms with E-state index in [1.807, 2.05) is 25.6 Å². The number of carbonyl (C=O) groups is 1. The van der Waals surface area contributed by atoms with E-state index in [1.165, 1.54) is 19.3 Å². The zero-order valence-corrected chi connectivity index (χ0v) is 12.7. The maximum absolute atomic E-state index is 11.7. The van der Waals surface area contributed by atoms with Crippen LogP contribution in [0.3, 0.4) is 0 Å². The van der Waals surface area contributed by atoms with Crippen LogP contribution in [0.5, 0.6) is 0 Å². The van der Waals surface area contributed by atoms with Gasteiger partial charge >= 0.3 is 5.97 Å². The van der Waals surface area contributed by atoms with Crippen molar-refractivity contribution in [1.82, 2.24) is 5.32 Å². The first kappa shape index (κ1) is 16.8. The monoisotopic (exact) mass is 261 g/mol. The summed E-state index contributed by atoms with van der Waals surface area (Å²) in [6.07, 6.45) is 2.05. The van der Waals surface area contributed by atoms with Crippen LogP contribution in [0, 0.1) is 5.92 Å². The van der Waals surface area contributed by atoms with Gasteiger partial charge in [0.25, 0.3) is 0 Å². The molecule has 0 bridgehead atoms. The van der Waals surface area contributed by atoms with Crippen LogP contribution in [0.1, 0.15) is 40.5 Å². The summed E-state index contributed by atoms with van der Waals surface area (Å²) >= 11 is 1.91. The van der Waals surface area contributed by atoms with Crippen LogP contribution in [0.4, 0.5) is 0 Å². The second kappa shape index (κ2) is 8.81. The van der Waals surface area contributed by atoms with E-state index in [0.29, 0.717) is 0 Å². The molecule has 0 radical (unpaired) electrons. The Morgan fingerprint density at radius 2 is 2.06 bits per heavy atom. The summed E-state index contributed by atoms with van der Waals surface area (Å²) < 4.78 is 4.85. The molecule has 102 valence electrons. The molecule has 0 aromatic carbocycles. The third-order valence-corrected chi connectivity index (χ3v) is 3.81. The number of nitrogens with one attached hydrogen (secondary N) is 1. The van der Waals surface area contributed by atoms with Crippen molar-refractivity contribution in [3.63, 3.8) is 0 Å². The van der Waals surface area contributed by atoms with Crippen LogP contribution in [0.25, 0.3) is 0 Å². The Kier molecular flexibility index (Phi) is 8.70. The van der Waals surface area contributed by atoms with Crippen molar-refractivity contribution in [2.75, 3.05) is 25.2 Å². The number of thioether (sulfide) groups is 1. The Balaban J connectivity index is 3.97. The molecule has 1 unspecified atom stereocenters. The van der Waals surface area contributed by atoms with Crippen molar-refractivity contribution < 1.29 is 9.53 Å². The molecule has 1 atom stereocenters. The standard InChI is InChI=1S/C13H27NO2S/c1-6-14-13(4,12(15)16-5)8-10-17-9-7-11(2)3/h11,14H,6-10H2,1-5H3. The Morgan fingerprint density at radius 1 is 1.41 bits per heavy atom. The summed E-state index contributed by atoms with van der Waals surface area (Å²) in [6.45, 7) is 9.18. The molecule has 17 heavy (non-hydrogen) atoms. The molecular weight excluding hydrogens is 234 g/mol. The molecule has 0 rings (SSSR count). The summed E-state index contributed by atoms with van der Waals surface area (Å²) in [5.74, 6) is 2.75. The molecule has 0 saturated heterocycles. The van der Waals surface area contributed by atoms with E-state index in [1.54, 1.807) is 0 Å². The molecule has 3 nitrogen and oxygen atoms in total. The molecule has 0 spiro atoms. The number of methoxy groups -OCH3 is 1. The average Bonchev–Trinajstić information content (AvgIpc) is 2.27. The minimum atomic E-state index is -0.533. The van der Waals surface area contributed by atoms with Crippen LogP contribution < -0.4 is 5.32 Å². The van der Waals surface area contributed by atoms with E-state index in [4.69, 9.17) is 4.74 Å². The first-order valence-corrected chi connectivity index (χ1v) is 7.53. The van der Waals surface area contributed by atoms with Crippen molar-refractivity contribution in [1.29, 1.82) is 0 Å². The molecule has 4 heteroatoms. The number of carbonyl (C=O) groups excluding carboxylic acids is 1. The third-order valence-electron chi connectivity index (χ3n) is 2.79. The van der Waals surface area contributed by atoms with Gasteiger partial charge in [0.05, 0.1) is 7.11 Å². The van der Waals surface area contributed by atoms with E-state index in [2.05, 4.69) is 19.2 Å². The van der Waals surface area contributed by atoms with E-state index in [9.17, 15) is 4.79 Å². The lowest BCUT2D eigenvalue weighted by Crippen LogP contribution is -2.50. The van der Waals surface area contributed by atoms with Gasteiger partial charge in [0, 0.05) is 0 Å². The van der Waals surface area contributed by atoms with Crippen LogP contribution >= 0.6 is 11.8 Å². The maximum Gasteiger partial charge on any atom is 0.325 e. The Morgan fingerprint density at radius 3 is 2.53 bits per heavy atom. The van der Waals surface area contributed by atoms with Gasteiger partial charge in [-0.2, -0.15) is 11.8 Å². The molecule has 0 saturated carbocycles. The van der Waals surface area contributed by atoms with Gasteiger partial charge in [-0.15, -0.1) is 0 Å². The number of likely N-dealkylation sites (N-methyl/N-ethyl adjacent to an activating group) is 1. The summed E-state index contributed by atoms with van der Waals surface area (Å²) in [7, 11) is 1.45. The molecule has 0 fully saturated rings. The van der Waals surface area contributed by atoms with Crippen molar-refractivity contribution in [2.24, 2.45) is 5.92 Å². The summed E-state index contributed by atoms with van der Waals surface area (Å²) in [5, 5.41) is 3.22. The largest absolute Gasteiger partial charge is 0.468 e. The molecule has 0 aliphatic heterocycles. The zero-order chi connectivity index (χ0) is 13.3. The van der Waals surface area contributed by atoms with Crippen molar-refractivity contribution in [2.45, 2.75) is 46.1 Å². The Bertz CT molecular complexity index is 221. The van der Waals surface area contributed by atoms with Gasteiger partial charge in [-0.05, 0) is 43.7 Å². The minimum Gasteiger partial charge on any atom is -0.468 e. The zero-order valence-electron chi connectivity index (χ0n) is 11.8. The predicted octanol–water partition coefficient (Wildman–Crippen LogP) is 2.70. The first-order valence-electron chi connectivity index (χ1n) is 6.37. The summed E-state index contributed by atoms with van der Waals surface area (Å²) in [6, 6.07) is 0. The summed E-state index contributed by atoms with van der Waals surface area (Å²) in [5.41, 5.74) is -0.533. The van der Waals surface area contributed by atoms with Crippen LogP contribution in [0.2, 0.25) is 0 Å². The average molecular weight is 261 g/mol. The van der Waals surface area contributed by atoms with Crippen molar-refractivity contribution >= 4 is 17.7 Å².